The van der Waals surface area contributed by atoms with Crippen LogP contribution in [0, 0.1) is 10.6 Å². The van der Waals surface area contributed by atoms with Gasteiger partial charge in [-0.3, -0.25) is 5.10 Å². The first kappa shape index (κ1) is 19.7. The summed E-state index contributed by atoms with van der Waals surface area (Å²) in [6.45, 7) is 0.544. The number of hydrogen-bond acceptors (Lipinski definition) is 5. The Kier molecular flexibility index (Phi) is 6.35. The lowest BCUT2D eigenvalue weighted by Crippen LogP contribution is -2.15. The van der Waals surface area contributed by atoms with Crippen LogP contribution >= 0.6 is 39.7 Å². The number of nitrogens with zero attached hydrogens (tertiary/aromatic N) is 2. The van der Waals surface area contributed by atoms with Crippen LogP contribution in [0.25, 0.3) is 0 Å². The van der Waals surface area contributed by atoms with Gasteiger partial charge < -0.3 is 14.9 Å². The first-order valence-corrected chi connectivity index (χ1v) is 9.35. The molecule has 0 unspecified atom stereocenters. The predicted molar refractivity (Wildman–Crippen MR) is 107 cm³/mol. The van der Waals surface area contributed by atoms with Crippen LogP contribution in [0.5, 0.6) is 11.5 Å². The maximum absolute atomic E-state index is 13.2. The molecule has 1 heterocycles. The first-order valence-electron chi connectivity index (χ1n) is 7.77. The molecule has 0 radical (unpaired) electrons. The highest BCUT2D eigenvalue weighted by molar-refractivity contribution is 9.10. The topological polar surface area (TPSA) is 64.1 Å². The number of methoxy groups -OCH3 is 1. The van der Waals surface area contributed by atoms with E-state index >= 15 is 0 Å². The van der Waals surface area contributed by atoms with Crippen LogP contribution < -0.4 is 14.9 Å². The number of aromatic nitrogens is 3. The monoisotopic (exact) mass is 472 g/mol. The fraction of sp³-hybridized carbons (Fsp3) is 0.176. The van der Waals surface area contributed by atoms with E-state index in [1.807, 2.05) is 6.07 Å². The number of aromatic amines is 1. The van der Waals surface area contributed by atoms with Crippen molar-refractivity contribution in [3.8, 4) is 11.5 Å². The Morgan fingerprint density at radius 3 is 2.85 bits per heavy atom. The van der Waals surface area contributed by atoms with E-state index in [4.69, 9.17) is 33.3 Å². The van der Waals surface area contributed by atoms with Crippen LogP contribution in [-0.4, -0.2) is 22.0 Å². The Hall–Kier alpha value is -2.10. The van der Waals surface area contributed by atoms with Crippen LogP contribution in [0.2, 0.25) is 5.02 Å². The number of nitrogens with one attached hydrogen (secondary N) is 2. The fourth-order valence-electron chi connectivity index (χ4n) is 2.38. The highest BCUT2D eigenvalue weighted by Crippen LogP contribution is 2.37. The van der Waals surface area contributed by atoms with Gasteiger partial charge in [0.05, 0.1) is 18.7 Å². The lowest BCUT2D eigenvalue weighted by molar-refractivity contribution is 0.281. The van der Waals surface area contributed by atoms with Crippen molar-refractivity contribution in [1.29, 1.82) is 0 Å². The highest BCUT2D eigenvalue weighted by Gasteiger charge is 2.16. The van der Waals surface area contributed by atoms with Crippen molar-refractivity contribution in [2.24, 2.45) is 0 Å². The van der Waals surface area contributed by atoms with Crippen LogP contribution in [0.4, 0.5) is 4.39 Å². The summed E-state index contributed by atoms with van der Waals surface area (Å²) in [5.74, 6) is 0.698. The number of rotatable bonds is 7. The van der Waals surface area contributed by atoms with Crippen molar-refractivity contribution >= 4 is 39.7 Å². The van der Waals surface area contributed by atoms with Crippen LogP contribution in [0.15, 0.2) is 41.1 Å². The highest BCUT2D eigenvalue weighted by atomic mass is 79.9. The van der Waals surface area contributed by atoms with Crippen molar-refractivity contribution in [1.82, 2.24) is 14.9 Å². The maximum Gasteiger partial charge on any atom is 0.214 e. The molecule has 142 valence electrons. The van der Waals surface area contributed by atoms with Gasteiger partial charge in [-0.05, 0) is 36.5 Å². The second kappa shape index (κ2) is 8.73. The van der Waals surface area contributed by atoms with Crippen molar-refractivity contribution < 1.29 is 13.9 Å². The molecular weight excluding hydrogens is 459 g/mol. The summed E-state index contributed by atoms with van der Waals surface area (Å²) < 4.78 is 27.5. The maximum atomic E-state index is 13.2. The third kappa shape index (κ3) is 4.60. The Morgan fingerprint density at radius 1 is 1.37 bits per heavy atom. The number of ether oxygens (including phenoxy) is 2. The minimum absolute atomic E-state index is 0.157. The van der Waals surface area contributed by atoms with Crippen LogP contribution in [-0.2, 0) is 13.2 Å². The summed E-state index contributed by atoms with van der Waals surface area (Å²) in [4.78, 5) is 0. The SMILES string of the molecule is COc1ccc(Br)c(CNn2cn[nH]c2=S)c1OCc1ccc(F)cc1Cl. The van der Waals surface area contributed by atoms with E-state index in [0.717, 1.165) is 10.0 Å². The molecule has 27 heavy (non-hydrogen) atoms. The molecule has 0 saturated carbocycles. The third-order valence-electron chi connectivity index (χ3n) is 3.75. The summed E-state index contributed by atoms with van der Waals surface area (Å²) in [7, 11) is 1.56. The Bertz CT molecular complexity index is 1010. The molecule has 2 N–H and O–H groups in total. The molecule has 0 saturated heterocycles. The third-order valence-corrected chi connectivity index (χ3v) is 5.14. The lowest BCUT2D eigenvalue weighted by Gasteiger charge is -2.18. The number of halogens is 3. The minimum Gasteiger partial charge on any atom is -0.493 e. The average Bonchev–Trinajstić information content (AvgIpc) is 3.05. The van der Waals surface area contributed by atoms with E-state index in [9.17, 15) is 4.39 Å². The molecule has 0 aliphatic heterocycles. The predicted octanol–water partition coefficient (Wildman–Crippen LogP) is 4.83. The molecule has 1 aromatic heterocycles. The fourth-order valence-corrected chi connectivity index (χ4v) is 3.22. The second-order valence-corrected chi connectivity index (χ2v) is 7.10. The largest absolute Gasteiger partial charge is 0.493 e. The number of benzene rings is 2. The molecule has 0 bridgehead atoms. The van der Waals surface area contributed by atoms with Crippen LogP contribution in [0.3, 0.4) is 0 Å². The van der Waals surface area contributed by atoms with Gasteiger partial charge in [0.15, 0.2) is 11.5 Å². The van der Waals surface area contributed by atoms with Gasteiger partial charge in [-0.15, -0.1) is 0 Å². The molecule has 3 aromatic rings. The quantitative estimate of drug-likeness (QED) is 0.481. The second-order valence-electron chi connectivity index (χ2n) is 5.45. The van der Waals surface area contributed by atoms with E-state index in [2.05, 4.69) is 31.6 Å². The molecule has 0 atom stereocenters. The van der Waals surface area contributed by atoms with Gasteiger partial charge in [-0.2, -0.15) is 5.10 Å². The normalized spacial score (nSPS) is 10.7. The van der Waals surface area contributed by atoms with Crippen LogP contribution in [0.1, 0.15) is 11.1 Å². The zero-order valence-corrected chi connectivity index (χ0v) is 17.3. The zero-order chi connectivity index (χ0) is 19.4. The minimum atomic E-state index is -0.398. The Morgan fingerprint density at radius 2 is 2.19 bits per heavy atom. The number of hydrogen-bond donors (Lipinski definition) is 2. The average molecular weight is 474 g/mol. The summed E-state index contributed by atoms with van der Waals surface area (Å²) in [5, 5.41) is 6.83. The van der Waals surface area contributed by atoms with Crippen molar-refractivity contribution in [3.63, 3.8) is 0 Å². The van der Waals surface area contributed by atoms with Gasteiger partial charge >= 0.3 is 0 Å². The zero-order valence-electron chi connectivity index (χ0n) is 14.1. The van der Waals surface area contributed by atoms with E-state index in [-0.39, 0.29) is 6.61 Å². The molecule has 0 amide bonds. The lowest BCUT2D eigenvalue weighted by atomic mass is 10.1. The van der Waals surface area contributed by atoms with E-state index in [1.165, 1.54) is 18.5 Å². The summed E-state index contributed by atoms with van der Waals surface area (Å²) in [6.07, 6.45) is 1.54. The first-order chi connectivity index (χ1) is 13.0. The molecule has 0 spiro atoms. The molecule has 2 aromatic carbocycles. The molecule has 0 fully saturated rings. The van der Waals surface area contributed by atoms with Gasteiger partial charge in [0, 0.05) is 15.6 Å². The number of H-pyrrole nitrogens is 1. The Balaban J connectivity index is 1.86. The van der Waals surface area contributed by atoms with Crippen molar-refractivity contribution in [3.05, 3.63) is 67.9 Å². The van der Waals surface area contributed by atoms with Gasteiger partial charge in [0.2, 0.25) is 4.77 Å². The van der Waals surface area contributed by atoms with Gasteiger partial charge in [0.25, 0.3) is 0 Å². The van der Waals surface area contributed by atoms with Gasteiger partial charge in [0.1, 0.15) is 18.8 Å². The smallest absolute Gasteiger partial charge is 0.214 e. The van der Waals surface area contributed by atoms with Gasteiger partial charge in [-0.1, -0.05) is 33.6 Å². The van der Waals surface area contributed by atoms with Gasteiger partial charge in [-0.25, -0.2) is 9.07 Å². The molecule has 6 nitrogen and oxygen atoms in total. The molecule has 0 aliphatic carbocycles. The van der Waals surface area contributed by atoms with Crippen molar-refractivity contribution in [2.75, 3.05) is 12.5 Å². The van der Waals surface area contributed by atoms with E-state index in [1.54, 1.807) is 23.9 Å². The summed E-state index contributed by atoms with van der Waals surface area (Å²) in [6, 6.07) is 7.83. The summed E-state index contributed by atoms with van der Waals surface area (Å²) >= 11 is 14.7. The van der Waals surface area contributed by atoms with E-state index in [0.29, 0.717) is 33.4 Å². The van der Waals surface area contributed by atoms with Crippen molar-refractivity contribution in [2.45, 2.75) is 13.2 Å². The Labute approximate surface area is 173 Å². The molecule has 0 aliphatic rings. The molecule has 10 heteroatoms. The van der Waals surface area contributed by atoms with E-state index < -0.39 is 5.82 Å². The summed E-state index contributed by atoms with van der Waals surface area (Å²) in [5.41, 5.74) is 4.61. The standard InChI is InChI=1S/C17H15BrClFN4O2S/c1-25-15-5-4-13(18)12(7-22-24-9-21-23-17(24)27)16(15)26-8-10-2-3-11(20)6-14(10)19/h2-6,9,22H,7-8H2,1H3,(H,23,27). The molecule has 3 rings (SSSR count). The molecular formula is C17H15BrClFN4O2S.